The van der Waals surface area contributed by atoms with Crippen LogP contribution in [0.5, 0.6) is 0 Å². The summed E-state index contributed by atoms with van der Waals surface area (Å²) in [4.78, 5) is 16.4. The first-order chi connectivity index (χ1) is 8.48. The number of nitrogens with one attached hydrogen (secondary N) is 1. The smallest absolute Gasteiger partial charge is 0.317 e. The van der Waals surface area contributed by atoms with Crippen LogP contribution in [-0.2, 0) is 0 Å². The van der Waals surface area contributed by atoms with Crippen LogP contribution in [0, 0.1) is 10.8 Å². The fourth-order valence-electron chi connectivity index (χ4n) is 3.19. The normalized spacial score (nSPS) is 22.9. The second-order valence-corrected chi connectivity index (χ2v) is 8.74. The van der Waals surface area contributed by atoms with Crippen molar-refractivity contribution in [3.8, 4) is 0 Å². The summed E-state index contributed by atoms with van der Waals surface area (Å²) in [7, 11) is 0. The monoisotopic (exact) mass is 267 g/mol. The van der Waals surface area contributed by atoms with Gasteiger partial charge in [-0.05, 0) is 26.2 Å². The minimum absolute atomic E-state index is 0.0902. The van der Waals surface area contributed by atoms with E-state index >= 15 is 0 Å². The molecule has 2 rings (SSSR count). The SMILES string of the molecule is CC(C)(C)CN1CC2(C1)CN(C(=O)NC(C)(C)C)C2. The Kier molecular flexibility index (Phi) is 3.37. The Morgan fingerprint density at radius 2 is 1.58 bits per heavy atom. The van der Waals surface area contributed by atoms with E-state index in [-0.39, 0.29) is 11.6 Å². The van der Waals surface area contributed by atoms with E-state index in [4.69, 9.17) is 0 Å². The van der Waals surface area contributed by atoms with Crippen LogP contribution in [0.4, 0.5) is 4.79 Å². The number of amides is 2. The predicted octanol–water partition coefficient (Wildman–Crippen LogP) is 2.16. The largest absolute Gasteiger partial charge is 0.333 e. The Bertz CT molecular complexity index is 351. The lowest BCUT2D eigenvalue weighted by atomic mass is 9.72. The third-order valence-electron chi connectivity index (χ3n) is 3.64. The van der Waals surface area contributed by atoms with Crippen molar-refractivity contribution in [3.05, 3.63) is 0 Å². The zero-order valence-electron chi connectivity index (χ0n) is 13.3. The number of likely N-dealkylation sites (tertiary alicyclic amines) is 2. The van der Waals surface area contributed by atoms with Crippen LogP contribution < -0.4 is 5.32 Å². The summed E-state index contributed by atoms with van der Waals surface area (Å²) in [6.45, 7) is 18.2. The van der Waals surface area contributed by atoms with Gasteiger partial charge in [0.1, 0.15) is 0 Å². The maximum atomic E-state index is 12.0. The summed E-state index contributed by atoms with van der Waals surface area (Å²) in [5, 5.41) is 3.03. The molecule has 0 unspecified atom stereocenters. The molecule has 110 valence electrons. The van der Waals surface area contributed by atoms with Crippen LogP contribution in [-0.4, -0.2) is 54.1 Å². The van der Waals surface area contributed by atoms with Gasteiger partial charge >= 0.3 is 6.03 Å². The summed E-state index contributed by atoms with van der Waals surface area (Å²) in [5.74, 6) is 0. The van der Waals surface area contributed by atoms with Gasteiger partial charge in [-0.2, -0.15) is 0 Å². The minimum atomic E-state index is -0.141. The van der Waals surface area contributed by atoms with Gasteiger partial charge in [-0.25, -0.2) is 4.79 Å². The number of rotatable bonds is 1. The number of urea groups is 1. The van der Waals surface area contributed by atoms with Crippen molar-refractivity contribution >= 4 is 6.03 Å². The molecule has 2 amide bonds. The summed E-state index contributed by atoms with van der Waals surface area (Å²) < 4.78 is 0. The molecule has 0 aromatic carbocycles. The molecule has 4 nitrogen and oxygen atoms in total. The van der Waals surface area contributed by atoms with Gasteiger partial charge in [0, 0.05) is 43.7 Å². The summed E-state index contributed by atoms with van der Waals surface area (Å²) >= 11 is 0. The molecule has 4 heteroatoms. The van der Waals surface area contributed by atoms with Crippen LogP contribution >= 0.6 is 0 Å². The van der Waals surface area contributed by atoms with Crippen LogP contribution in [0.1, 0.15) is 41.5 Å². The highest BCUT2D eigenvalue weighted by Gasteiger charge is 2.53. The molecule has 2 saturated heterocycles. The van der Waals surface area contributed by atoms with Crippen molar-refractivity contribution in [1.29, 1.82) is 0 Å². The van der Waals surface area contributed by atoms with Crippen LogP contribution in [0.15, 0.2) is 0 Å². The Hall–Kier alpha value is -0.770. The molecule has 0 bridgehead atoms. The van der Waals surface area contributed by atoms with Gasteiger partial charge in [-0.1, -0.05) is 20.8 Å². The topological polar surface area (TPSA) is 35.6 Å². The van der Waals surface area contributed by atoms with Gasteiger partial charge in [0.2, 0.25) is 0 Å². The van der Waals surface area contributed by atoms with Crippen molar-refractivity contribution in [2.75, 3.05) is 32.7 Å². The van der Waals surface area contributed by atoms with E-state index < -0.39 is 0 Å². The zero-order chi connectivity index (χ0) is 14.5. The van der Waals surface area contributed by atoms with Gasteiger partial charge in [0.15, 0.2) is 0 Å². The van der Waals surface area contributed by atoms with Gasteiger partial charge in [-0.15, -0.1) is 0 Å². The third kappa shape index (κ3) is 3.62. The number of hydrogen-bond donors (Lipinski definition) is 1. The van der Waals surface area contributed by atoms with Gasteiger partial charge in [-0.3, -0.25) is 0 Å². The highest BCUT2D eigenvalue weighted by molar-refractivity contribution is 5.76. The highest BCUT2D eigenvalue weighted by Crippen LogP contribution is 2.40. The number of carbonyl (C=O) groups excluding carboxylic acids is 1. The summed E-state index contributed by atoms with van der Waals surface area (Å²) in [6.07, 6.45) is 0. The average molecular weight is 267 g/mol. The molecule has 2 aliphatic rings. The third-order valence-corrected chi connectivity index (χ3v) is 3.64. The fourth-order valence-corrected chi connectivity index (χ4v) is 3.19. The van der Waals surface area contributed by atoms with Gasteiger partial charge in [0.05, 0.1) is 0 Å². The van der Waals surface area contributed by atoms with Gasteiger partial charge < -0.3 is 15.1 Å². The van der Waals surface area contributed by atoms with Crippen LogP contribution in [0.3, 0.4) is 0 Å². The summed E-state index contributed by atoms with van der Waals surface area (Å²) in [6, 6.07) is 0.0902. The van der Waals surface area contributed by atoms with Crippen LogP contribution in [0.2, 0.25) is 0 Å². The standard InChI is InChI=1S/C15H29N3O/c1-13(2,3)7-17-8-15(9-17)10-18(11-15)12(19)16-14(4,5)6/h7-11H2,1-6H3,(H,16,19). The summed E-state index contributed by atoms with van der Waals surface area (Å²) in [5.41, 5.74) is 0.632. The molecule has 2 heterocycles. The molecule has 1 N–H and O–H groups in total. The number of hydrogen-bond acceptors (Lipinski definition) is 2. The molecular formula is C15H29N3O. The molecule has 0 aliphatic carbocycles. The fraction of sp³-hybridized carbons (Fsp3) is 0.933. The molecule has 0 aromatic heterocycles. The molecule has 2 fully saturated rings. The van der Waals surface area contributed by atoms with Crippen LogP contribution in [0.25, 0.3) is 0 Å². The maximum Gasteiger partial charge on any atom is 0.317 e. The van der Waals surface area contributed by atoms with Crippen molar-refractivity contribution in [3.63, 3.8) is 0 Å². The Morgan fingerprint density at radius 1 is 1.05 bits per heavy atom. The van der Waals surface area contributed by atoms with E-state index in [1.165, 1.54) is 0 Å². The first-order valence-corrected chi connectivity index (χ1v) is 7.28. The van der Waals surface area contributed by atoms with E-state index in [0.717, 1.165) is 32.7 Å². The molecule has 0 radical (unpaired) electrons. The second kappa shape index (κ2) is 4.37. The number of carbonyl (C=O) groups is 1. The lowest BCUT2D eigenvalue weighted by Gasteiger charge is -2.61. The molecule has 0 saturated carbocycles. The van der Waals surface area contributed by atoms with Gasteiger partial charge in [0.25, 0.3) is 0 Å². The zero-order valence-corrected chi connectivity index (χ0v) is 13.3. The minimum Gasteiger partial charge on any atom is -0.333 e. The maximum absolute atomic E-state index is 12.0. The van der Waals surface area contributed by atoms with E-state index in [2.05, 4.69) is 31.0 Å². The van der Waals surface area contributed by atoms with E-state index in [0.29, 0.717) is 10.8 Å². The molecule has 0 atom stereocenters. The predicted molar refractivity (Wildman–Crippen MR) is 78.2 cm³/mol. The Labute approximate surface area is 117 Å². The van der Waals surface area contributed by atoms with E-state index in [1.54, 1.807) is 0 Å². The molecule has 2 aliphatic heterocycles. The first kappa shape index (κ1) is 14.6. The molecular weight excluding hydrogens is 238 g/mol. The van der Waals surface area contributed by atoms with E-state index in [1.807, 2.05) is 25.7 Å². The number of nitrogens with zero attached hydrogens (tertiary/aromatic N) is 2. The highest BCUT2D eigenvalue weighted by atomic mass is 16.2. The van der Waals surface area contributed by atoms with Crippen molar-refractivity contribution in [2.45, 2.75) is 47.1 Å². The molecule has 0 aromatic rings. The Balaban J connectivity index is 1.72. The molecule has 1 spiro atoms. The van der Waals surface area contributed by atoms with E-state index in [9.17, 15) is 4.79 Å². The lowest BCUT2D eigenvalue weighted by Crippen LogP contribution is -2.74. The van der Waals surface area contributed by atoms with Crippen molar-refractivity contribution in [2.24, 2.45) is 10.8 Å². The Morgan fingerprint density at radius 3 is 2.00 bits per heavy atom. The van der Waals surface area contributed by atoms with Crippen molar-refractivity contribution < 1.29 is 4.79 Å². The second-order valence-electron chi connectivity index (χ2n) is 8.74. The molecule has 19 heavy (non-hydrogen) atoms. The lowest BCUT2D eigenvalue weighted by molar-refractivity contribution is -0.104. The van der Waals surface area contributed by atoms with Crippen molar-refractivity contribution in [1.82, 2.24) is 15.1 Å². The first-order valence-electron chi connectivity index (χ1n) is 7.28. The average Bonchev–Trinajstić information content (AvgIpc) is 2.00. The quantitative estimate of drug-likeness (QED) is 0.790.